The Morgan fingerprint density at radius 3 is 2.62 bits per heavy atom. The molecule has 1 unspecified atom stereocenters. The molecule has 0 saturated carbocycles. The van der Waals surface area contributed by atoms with Crippen molar-refractivity contribution in [1.82, 2.24) is 0 Å². The average Bonchev–Trinajstić information content (AvgIpc) is 2.28. The number of hydrogen-bond donors (Lipinski definition) is 1. The molecule has 16 heavy (non-hydrogen) atoms. The van der Waals surface area contributed by atoms with E-state index in [1.54, 1.807) is 0 Å². The Hall–Kier alpha value is -0.630. The Morgan fingerprint density at radius 1 is 1.31 bits per heavy atom. The van der Waals surface area contributed by atoms with E-state index < -0.39 is 0 Å². The number of rotatable bonds is 11. The van der Waals surface area contributed by atoms with Crippen LogP contribution < -0.4 is 0 Å². The molecule has 0 aromatic heterocycles. The van der Waals surface area contributed by atoms with Crippen LogP contribution in [0.1, 0.15) is 58.3 Å². The van der Waals surface area contributed by atoms with Gasteiger partial charge in [-0.05, 0) is 25.7 Å². The highest BCUT2D eigenvalue weighted by Gasteiger charge is 2.15. The highest BCUT2D eigenvalue weighted by Crippen LogP contribution is 2.17. The number of ketones is 1. The molecule has 0 aliphatic carbocycles. The zero-order valence-corrected chi connectivity index (χ0v) is 10.6. The van der Waals surface area contributed by atoms with Gasteiger partial charge in [0.1, 0.15) is 5.78 Å². The molecule has 0 aliphatic heterocycles. The van der Waals surface area contributed by atoms with E-state index >= 15 is 0 Å². The van der Waals surface area contributed by atoms with Crippen LogP contribution in [0.5, 0.6) is 0 Å². The van der Waals surface area contributed by atoms with E-state index in [4.69, 9.17) is 5.11 Å². The molecular formula is C14H26O2. The lowest BCUT2D eigenvalue weighted by molar-refractivity contribution is -0.123. The van der Waals surface area contributed by atoms with Gasteiger partial charge in [0.15, 0.2) is 0 Å². The molecule has 0 spiro atoms. The molecule has 0 radical (unpaired) electrons. The van der Waals surface area contributed by atoms with Crippen molar-refractivity contribution in [3.8, 4) is 0 Å². The molecule has 0 bridgehead atoms. The van der Waals surface area contributed by atoms with Gasteiger partial charge in [0.25, 0.3) is 0 Å². The fraction of sp³-hybridized carbons (Fsp3) is 0.786. The summed E-state index contributed by atoms with van der Waals surface area (Å²) >= 11 is 0. The molecule has 0 heterocycles. The van der Waals surface area contributed by atoms with Crippen LogP contribution in [0, 0.1) is 5.92 Å². The van der Waals surface area contributed by atoms with E-state index in [2.05, 4.69) is 13.5 Å². The van der Waals surface area contributed by atoms with Gasteiger partial charge in [-0.1, -0.05) is 32.3 Å². The second-order valence-electron chi connectivity index (χ2n) is 4.36. The summed E-state index contributed by atoms with van der Waals surface area (Å²) in [5, 5.41) is 8.72. The molecule has 94 valence electrons. The van der Waals surface area contributed by atoms with Crippen LogP contribution in [0.15, 0.2) is 12.7 Å². The molecule has 0 saturated heterocycles. The zero-order valence-electron chi connectivity index (χ0n) is 10.6. The van der Waals surface area contributed by atoms with Crippen LogP contribution in [-0.2, 0) is 4.79 Å². The summed E-state index contributed by atoms with van der Waals surface area (Å²) in [6.07, 6.45) is 9.29. The number of allylic oxidation sites excluding steroid dienone is 1. The van der Waals surface area contributed by atoms with Crippen molar-refractivity contribution < 1.29 is 9.90 Å². The zero-order chi connectivity index (χ0) is 12.2. The Labute approximate surface area is 99.7 Å². The first-order valence-corrected chi connectivity index (χ1v) is 6.50. The van der Waals surface area contributed by atoms with E-state index in [9.17, 15) is 4.79 Å². The topological polar surface area (TPSA) is 37.3 Å². The van der Waals surface area contributed by atoms with E-state index in [1.807, 2.05) is 6.08 Å². The fourth-order valence-electron chi connectivity index (χ4n) is 1.87. The molecule has 0 aliphatic rings. The van der Waals surface area contributed by atoms with E-state index in [1.165, 1.54) is 0 Å². The van der Waals surface area contributed by atoms with Gasteiger partial charge in [0.05, 0.1) is 0 Å². The smallest absolute Gasteiger partial charge is 0.136 e. The van der Waals surface area contributed by atoms with Crippen molar-refractivity contribution in [1.29, 1.82) is 0 Å². The number of unbranched alkanes of at least 4 members (excludes halogenated alkanes) is 3. The summed E-state index contributed by atoms with van der Waals surface area (Å²) in [6, 6.07) is 0. The number of carbonyl (C=O) groups is 1. The van der Waals surface area contributed by atoms with Crippen molar-refractivity contribution in [2.24, 2.45) is 5.92 Å². The number of carbonyl (C=O) groups excluding carboxylic acids is 1. The van der Waals surface area contributed by atoms with Gasteiger partial charge in [0, 0.05) is 18.9 Å². The average molecular weight is 226 g/mol. The Kier molecular flexibility index (Phi) is 10.4. The molecule has 1 N–H and O–H groups in total. The molecule has 0 rings (SSSR count). The lowest BCUT2D eigenvalue weighted by atomic mass is 9.91. The molecular weight excluding hydrogens is 200 g/mol. The van der Waals surface area contributed by atoms with Gasteiger partial charge in [-0.15, -0.1) is 6.58 Å². The van der Waals surface area contributed by atoms with E-state index in [0.717, 1.165) is 44.9 Å². The fourth-order valence-corrected chi connectivity index (χ4v) is 1.87. The second-order valence-corrected chi connectivity index (χ2v) is 4.36. The van der Waals surface area contributed by atoms with E-state index in [-0.39, 0.29) is 12.5 Å². The van der Waals surface area contributed by atoms with Crippen LogP contribution in [-0.4, -0.2) is 17.5 Å². The van der Waals surface area contributed by atoms with Crippen LogP contribution in [0.25, 0.3) is 0 Å². The quantitative estimate of drug-likeness (QED) is 0.432. The maximum absolute atomic E-state index is 11.9. The Balaban J connectivity index is 3.87. The lowest BCUT2D eigenvalue weighted by Crippen LogP contribution is -2.14. The first-order chi connectivity index (χ1) is 7.76. The molecule has 2 nitrogen and oxygen atoms in total. The summed E-state index contributed by atoms with van der Waals surface area (Å²) in [6.45, 7) is 6.08. The van der Waals surface area contributed by atoms with Crippen LogP contribution in [0.4, 0.5) is 0 Å². The standard InChI is InChI=1S/C14H26O2/c1-3-5-6-11-14(16)13(9-4-2)10-7-8-12-15/h4,13,15H,2-3,5-12H2,1H3. The van der Waals surface area contributed by atoms with Gasteiger partial charge >= 0.3 is 0 Å². The molecule has 1 atom stereocenters. The van der Waals surface area contributed by atoms with Gasteiger partial charge < -0.3 is 5.11 Å². The maximum Gasteiger partial charge on any atom is 0.136 e. The number of aliphatic hydroxyl groups is 1. The highest BCUT2D eigenvalue weighted by molar-refractivity contribution is 5.81. The minimum absolute atomic E-state index is 0.140. The molecule has 0 fully saturated rings. The third-order valence-electron chi connectivity index (χ3n) is 2.89. The summed E-state index contributed by atoms with van der Waals surface area (Å²) in [7, 11) is 0. The Morgan fingerprint density at radius 2 is 2.06 bits per heavy atom. The van der Waals surface area contributed by atoms with Crippen molar-refractivity contribution >= 4 is 5.78 Å². The van der Waals surface area contributed by atoms with Crippen LogP contribution in [0.2, 0.25) is 0 Å². The molecule has 0 amide bonds. The monoisotopic (exact) mass is 226 g/mol. The summed E-state index contributed by atoms with van der Waals surface area (Å²) in [4.78, 5) is 11.9. The lowest BCUT2D eigenvalue weighted by Gasteiger charge is -2.13. The minimum atomic E-state index is 0.140. The Bertz CT molecular complexity index is 187. The van der Waals surface area contributed by atoms with Crippen molar-refractivity contribution in [2.45, 2.75) is 58.3 Å². The molecule has 2 heteroatoms. The minimum Gasteiger partial charge on any atom is -0.396 e. The third kappa shape index (κ3) is 7.63. The summed E-state index contributed by atoms with van der Waals surface area (Å²) in [5.41, 5.74) is 0. The second kappa shape index (κ2) is 10.9. The van der Waals surface area contributed by atoms with Gasteiger partial charge in [-0.3, -0.25) is 4.79 Å². The van der Waals surface area contributed by atoms with Gasteiger partial charge in [0.2, 0.25) is 0 Å². The van der Waals surface area contributed by atoms with Crippen molar-refractivity contribution in [3.05, 3.63) is 12.7 Å². The van der Waals surface area contributed by atoms with Crippen LogP contribution in [0.3, 0.4) is 0 Å². The number of aliphatic hydroxyl groups excluding tert-OH is 1. The van der Waals surface area contributed by atoms with Crippen molar-refractivity contribution in [3.63, 3.8) is 0 Å². The normalized spacial score (nSPS) is 12.4. The predicted octanol–water partition coefficient (Wildman–Crippen LogP) is 3.49. The van der Waals surface area contributed by atoms with Crippen LogP contribution >= 0.6 is 0 Å². The number of hydrogen-bond acceptors (Lipinski definition) is 2. The highest BCUT2D eigenvalue weighted by atomic mass is 16.2. The van der Waals surface area contributed by atoms with Gasteiger partial charge in [-0.2, -0.15) is 0 Å². The first kappa shape index (κ1) is 15.4. The third-order valence-corrected chi connectivity index (χ3v) is 2.89. The van der Waals surface area contributed by atoms with E-state index in [0.29, 0.717) is 12.2 Å². The SMILES string of the molecule is C=CCC(CCCCO)C(=O)CCCCC. The number of Topliss-reactive ketones (excluding diaryl/α,β-unsaturated/α-hetero) is 1. The molecule has 0 aromatic carbocycles. The summed E-state index contributed by atoms with van der Waals surface area (Å²) in [5.74, 6) is 0.521. The first-order valence-electron chi connectivity index (χ1n) is 6.50. The summed E-state index contributed by atoms with van der Waals surface area (Å²) < 4.78 is 0. The van der Waals surface area contributed by atoms with Crippen molar-refractivity contribution in [2.75, 3.05) is 6.61 Å². The maximum atomic E-state index is 11.9. The van der Waals surface area contributed by atoms with Gasteiger partial charge in [-0.25, -0.2) is 0 Å². The largest absolute Gasteiger partial charge is 0.396 e. The predicted molar refractivity (Wildman–Crippen MR) is 68.4 cm³/mol. The molecule has 0 aromatic rings.